The number of carbonyl (C=O) groups is 1. The lowest BCUT2D eigenvalue weighted by Gasteiger charge is -2.44. The van der Waals surface area contributed by atoms with Gasteiger partial charge in [-0.2, -0.15) is 0 Å². The van der Waals surface area contributed by atoms with Crippen LogP contribution >= 0.6 is 0 Å². The van der Waals surface area contributed by atoms with Gasteiger partial charge in [0.25, 0.3) is 0 Å². The number of urea groups is 1. The van der Waals surface area contributed by atoms with Gasteiger partial charge in [0.2, 0.25) is 0 Å². The largest absolute Gasteiger partial charge is 0.367 e. The van der Waals surface area contributed by atoms with E-state index in [0.717, 1.165) is 5.56 Å². The van der Waals surface area contributed by atoms with Gasteiger partial charge in [-0.05, 0) is 26.8 Å². The summed E-state index contributed by atoms with van der Waals surface area (Å²) in [7, 11) is 0. The second kappa shape index (κ2) is 3.49. The number of amides is 2. The SMILES string of the molecule is CC(C)N1C(=O)Nc2ccccc2C1(C)O. The predicted octanol–water partition coefficient (Wildman–Crippen LogP) is 2.11. The van der Waals surface area contributed by atoms with Crippen molar-refractivity contribution in [1.29, 1.82) is 0 Å². The van der Waals surface area contributed by atoms with E-state index in [1.54, 1.807) is 13.0 Å². The van der Waals surface area contributed by atoms with Crippen LogP contribution in [0.3, 0.4) is 0 Å². The van der Waals surface area contributed by atoms with E-state index in [1.165, 1.54) is 4.90 Å². The van der Waals surface area contributed by atoms with Gasteiger partial charge in [-0.3, -0.25) is 4.90 Å². The number of anilines is 1. The molecule has 4 heteroatoms. The molecule has 2 N–H and O–H groups in total. The fraction of sp³-hybridized carbons (Fsp3) is 0.417. The van der Waals surface area contributed by atoms with Crippen molar-refractivity contribution in [3.63, 3.8) is 0 Å². The van der Waals surface area contributed by atoms with Crippen LogP contribution in [0, 0.1) is 0 Å². The van der Waals surface area contributed by atoms with Crippen LogP contribution in [-0.4, -0.2) is 22.1 Å². The molecule has 1 aliphatic heterocycles. The van der Waals surface area contributed by atoms with E-state index in [2.05, 4.69) is 5.32 Å². The highest BCUT2D eigenvalue weighted by Crippen LogP contribution is 2.36. The van der Waals surface area contributed by atoms with Gasteiger partial charge in [-0.15, -0.1) is 0 Å². The maximum Gasteiger partial charge on any atom is 0.324 e. The Labute approximate surface area is 94.9 Å². The summed E-state index contributed by atoms with van der Waals surface area (Å²) in [4.78, 5) is 13.3. The Balaban J connectivity index is 2.55. The van der Waals surface area contributed by atoms with Gasteiger partial charge in [0, 0.05) is 11.6 Å². The third-order valence-electron chi connectivity index (χ3n) is 2.88. The molecule has 4 nitrogen and oxygen atoms in total. The summed E-state index contributed by atoms with van der Waals surface area (Å²) < 4.78 is 0. The first-order valence-corrected chi connectivity index (χ1v) is 5.37. The van der Waals surface area contributed by atoms with Gasteiger partial charge in [0.1, 0.15) is 0 Å². The summed E-state index contributed by atoms with van der Waals surface area (Å²) in [6.45, 7) is 5.40. The number of benzene rings is 1. The van der Waals surface area contributed by atoms with Crippen molar-refractivity contribution >= 4 is 11.7 Å². The zero-order chi connectivity index (χ0) is 11.9. The molecule has 1 atom stereocenters. The molecule has 0 saturated heterocycles. The van der Waals surface area contributed by atoms with Crippen LogP contribution < -0.4 is 5.32 Å². The van der Waals surface area contributed by atoms with Crippen molar-refractivity contribution in [2.24, 2.45) is 0 Å². The zero-order valence-corrected chi connectivity index (χ0v) is 9.69. The lowest BCUT2D eigenvalue weighted by atomic mass is 9.97. The molecule has 1 aromatic rings. The van der Waals surface area contributed by atoms with Crippen molar-refractivity contribution in [2.45, 2.75) is 32.5 Å². The van der Waals surface area contributed by atoms with Crippen molar-refractivity contribution in [3.05, 3.63) is 29.8 Å². The van der Waals surface area contributed by atoms with E-state index in [1.807, 2.05) is 32.0 Å². The highest BCUT2D eigenvalue weighted by Gasteiger charge is 2.42. The van der Waals surface area contributed by atoms with E-state index in [-0.39, 0.29) is 12.1 Å². The Morgan fingerprint density at radius 2 is 2.00 bits per heavy atom. The summed E-state index contributed by atoms with van der Waals surface area (Å²) in [6.07, 6.45) is 0. The molecule has 1 heterocycles. The van der Waals surface area contributed by atoms with E-state index >= 15 is 0 Å². The molecule has 2 rings (SSSR count). The quantitative estimate of drug-likeness (QED) is 0.761. The van der Waals surface area contributed by atoms with Gasteiger partial charge in [0.05, 0.1) is 5.69 Å². The minimum absolute atomic E-state index is 0.0663. The molecule has 1 aliphatic rings. The van der Waals surface area contributed by atoms with Crippen LogP contribution in [0.2, 0.25) is 0 Å². The molecular formula is C12H16N2O2. The van der Waals surface area contributed by atoms with Gasteiger partial charge in [-0.25, -0.2) is 4.79 Å². The monoisotopic (exact) mass is 220 g/mol. The van der Waals surface area contributed by atoms with Crippen molar-refractivity contribution in [3.8, 4) is 0 Å². The molecular weight excluding hydrogens is 204 g/mol. The lowest BCUT2D eigenvalue weighted by Crippen LogP contribution is -2.56. The molecule has 1 unspecified atom stereocenters. The van der Waals surface area contributed by atoms with Crippen LogP contribution in [0.15, 0.2) is 24.3 Å². The average Bonchev–Trinajstić information content (AvgIpc) is 2.15. The number of fused-ring (bicyclic) bond motifs is 1. The van der Waals surface area contributed by atoms with Crippen LogP contribution in [-0.2, 0) is 5.72 Å². The van der Waals surface area contributed by atoms with E-state index in [9.17, 15) is 9.90 Å². The molecule has 1 aromatic carbocycles. The first-order chi connectivity index (χ1) is 7.44. The molecule has 0 aliphatic carbocycles. The molecule has 0 bridgehead atoms. The number of aliphatic hydroxyl groups is 1. The third kappa shape index (κ3) is 1.46. The highest BCUT2D eigenvalue weighted by molar-refractivity contribution is 5.93. The molecule has 86 valence electrons. The molecule has 2 amide bonds. The number of carbonyl (C=O) groups excluding carboxylic acids is 1. The smallest absolute Gasteiger partial charge is 0.324 e. The topological polar surface area (TPSA) is 52.6 Å². The summed E-state index contributed by atoms with van der Waals surface area (Å²) in [6, 6.07) is 6.97. The van der Waals surface area contributed by atoms with Crippen LogP contribution in [0.4, 0.5) is 10.5 Å². The van der Waals surface area contributed by atoms with Crippen molar-refractivity contribution in [2.75, 3.05) is 5.32 Å². The minimum Gasteiger partial charge on any atom is -0.367 e. The normalized spacial score (nSPS) is 24.3. The van der Waals surface area contributed by atoms with E-state index in [0.29, 0.717) is 5.69 Å². The van der Waals surface area contributed by atoms with Gasteiger partial charge < -0.3 is 10.4 Å². The van der Waals surface area contributed by atoms with Crippen molar-refractivity contribution < 1.29 is 9.90 Å². The average molecular weight is 220 g/mol. The number of nitrogens with zero attached hydrogens (tertiary/aromatic N) is 1. The first-order valence-electron chi connectivity index (χ1n) is 5.37. The van der Waals surface area contributed by atoms with Crippen LogP contribution in [0.1, 0.15) is 26.3 Å². The molecule has 0 fully saturated rings. The summed E-state index contributed by atoms with van der Waals surface area (Å²) >= 11 is 0. The Hall–Kier alpha value is -1.55. The van der Waals surface area contributed by atoms with E-state index in [4.69, 9.17) is 0 Å². The van der Waals surface area contributed by atoms with E-state index < -0.39 is 5.72 Å². The lowest BCUT2D eigenvalue weighted by molar-refractivity contribution is -0.0857. The van der Waals surface area contributed by atoms with Crippen LogP contribution in [0.5, 0.6) is 0 Å². The summed E-state index contributed by atoms with van der Waals surface area (Å²) in [5, 5.41) is 13.3. The molecule has 0 radical (unpaired) electrons. The standard InChI is InChI=1S/C12H16N2O2/c1-8(2)14-11(15)13-10-7-5-4-6-9(10)12(14,3)16/h4-8,16H,1-3H3,(H,13,15). The maximum absolute atomic E-state index is 11.9. The first kappa shape index (κ1) is 11.0. The second-order valence-corrected chi connectivity index (χ2v) is 4.46. The number of nitrogens with one attached hydrogen (secondary N) is 1. The highest BCUT2D eigenvalue weighted by atomic mass is 16.3. The maximum atomic E-state index is 11.9. The van der Waals surface area contributed by atoms with Gasteiger partial charge >= 0.3 is 6.03 Å². The minimum atomic E-state index is -1.26. The molecule has 16 heavy (non-hydrogen) atoms. The molecule has 0 saturated carbocycles. The fourth-order valence-corrected chi connectivity index (χ4v) is 2.25. The summed E-state index contributed by atoms with van der Waals surface area (Å²) in [5.41, 5.74) is 0.144. The predicted molar refractivity (Wildman–Crippen MR) is 62.0 cm³/mol. The van der Waals surface area contributed by atoms with Gasteiger partial charge in [0.15, 0.2) is 5.72 Å². The Morgan fingerprint density at radius 1 is 1.38 bits per heavy atom. The summed E-state index contributed by atoms with van der Waals surface area (Å²) in [5.74, 6) is 0. The third-order valence-corrected chi connectivity index (χ3v) is 2.88. The molecule has 0 spiro atoms. The van der Waals surface area contributed by atoms with Crippen molar-refractivity contribution in [1.82, 2.24) is 4.90 Å². The zero-order valence-electron chi connectivity index (χ0n) is 9.69. The number of hydrogen-bond donors (Lipinski definition) is 2. The Morgan fingerprint density at radius 3 is 2.62 bits per heavy atom. The number of rotatable bonds is 1. The van der Waals surface area contributed by atoms with Crippen LogP contribution in [0.25, 0.3) is 0 Å². The van der Waals surface area contributed by atoms with Gasteiger partial charge in [-0.1, -0.05) is 18.2 Å². The number of para-hydroxylation sites is 1. The number of hydrogen-bond acceptors (Lipinski definition) is 2. The second-order valence-electron chi connectivity index (χ2n) is 4.46. The Kier molecular flexibility index (Phi) is 2.39. The molecule has 0 aromatic heterocycles. The fourth-order valence-electron chi connectivity index (χ4n) is 2.25. The Bertz CT molecular complexity index is 427.